The number of nitrogens with zero attached hydrogens (tertiary/aromatic N) is 1. The Morgan fingerprint density at radius 2 is 1.22 bits per heavy atom. The molecule has 0 atom stereocenters. The van der Waals surface area contributed by atoms with Gasteiger partial charge in [0.05, 0.1) is 11.0 Å². The monoisotopic (exact) mass is 368 g/mol. The molecule has 0 fully saturated rings. The first-order valence-electron chi connectivity index (χ1n) is 8.87. The van der Waals surface area contributed by atoms with Crippen LogP contribution >= 0.6 is 11.6 Å². The maximum absolute atomic E-state index is 6.44. The quantitative estimate of drug-likeness (QED) is 0.346. The van der Waals surface area contributed by atoms with E-state index in [1.165, 1.54) is 21.8 Å². The molecule has 1 aromatic heterocycles. The molecule has 0 unspecified atom stereocenters. The lowest BCUT2D eigenvalue weighted by Crippen LogP contribution is -1.97. The van der Waals surface area contributed by atoms with Gasteiger partial charge in [-0.05, 0) is 36.4 Å². The Kier molecular flexibility index (Phi) is 3.66. The van der Waals surface area contributed by atoms with Crippen molar-refractivity contribution in [3.63, 3.8) is 0 Å². The Bertz CT molecular complexity index is 1250. The van der Waals surface area contributed by atoms with E-state index in [9.17, 15) is 0 Å². The first-order chi connectivity index (χ1) is 13.2. The molecular weight excluding hydrogens is 352 g/mol. The molecule has 2 nitrogen and oxygen atoms in total. The van der Waals surface area contributed by atoms with Crippen molar-refractivity contribution in [1.29, 1.82) is 0 Å². The van der Waals surface area contributed by atoms with Gasteiger partial charge >= 0.3 is 0 Å². The Labute approximate surface area is 162 Å². The van der Waals surface area contributed by atoms with Crippen molar-refractivity contribution < 1.29 is 0 Å². The molecule has 0 saturated carbocycles. The second kappa shape index (κ2) is 6.19. The highest BCUT2D eigenvalue weighted by molar-refractivity contribution is 6.33. The van der Waals surface area contributed by atoms with E-state index in [0.717, 1.165) is 16.8 Å². The molecule has 5 rings (SSSR count). The molecule has 0 bridgehead atoms. The third kappa shape index (κ3) is 2.49. The van der Waals surface area contributed by atoms with Crippen molar-refractivity contribution in [3.05, 3.63) is 96.0 Å². The molecule has 3 heteroatoms. The van der Waals surface area contributed by atoms with Gasteiger partial charge in [-0.2, -0.15) is 0 Å². The zero-order chi connectivity index (χ0) is 18.4. The number of anilines is 1. The van der Waals surface area contributed by atoms with Crippen LogP contribution in [0.2, 0.25) is 5.02 Å². The summed E-state index contributed by atoms with van der Waals surface area (Å²) >= 11 is 6.44. The van der Waals surface area contributed by atoms with Crippen molar-refractivity contribution in [2.24, 2.45) is 0 Å². The van der Waals surface area contributed by atoms with E-state index in [2.05, 4.69) is 65.2 Å². The highest BCUT2D eigenvalue weighted by atomic mass is 35.5. The number of halogens is 1. The summed E-state index contributed by atoms with van der Waals surface area (Å²) in [7, 11) is 0. The smallest absolute Gasteiger partial charge is 0.0541 e. The lowest BCUT2D eigenvalue weighted by atomic mass is 10.0. The average molecular weight is 369 g/mol. The van der Waals surface area contributed by atoms with Crippen LogP contribution in [0.15, 0.2) is 91.0 Å². The minimum atomic E-state index is 0.698. The summed E-state index contributed by atoms with van der Waals surface area (Å²) in [5, 5.41) is 3.18. The van der Waals surface area contributed by atoms with Gasteiger partial charge in [-0.1, -0.05) is 66.2 Å². The van der Waals surface area contributed by atoms with Gasteiger partial charge in [0, 0.05) is 38.3 Å². The Balaban J connectivity index is 1.84. The maximum Gasteiger partial charge on any atom is 0.0541 e. The standard InChI is InChI=1S/C24H17ClN2/c25-21-10-4-1-7-17(21)20-15-16(13-14-22(20)26)27-23-11-5-2-8-18(23)19-9-3-6-12-24(19)27/h1-15H,26H2. The zero-order valence-corrected chi connectivity index (χ0v) is 15.3. The number of rotatable bonds is 2. The second-order valence-corrected chi connectivity index (χ2v) is 7.03. The van der Waals surface area contributed by atoms with E-state index >= 15 is 0 Å². The van der Waals surface area contributed by atoms with Crippen LogP contribution in [-0.2, 0) is 0 Å². The number of nitrogens with two attached hydrogens (primary N) is 1. The summed E-state index contributed by atoms with van der Waals surface area (Å²) in [6.45, 7) is 0. The average Bonchev–Trinajstić information content (AvgIpc) is 3.04. The second-order valence-electron chi connectivity index (χ2n) is 6.62. The summed E-state index contributed by atoms with van der Waals surface area (Å²) in [6.07, 6.45) is 0. The van der Waals surface area contributed by atoms with Crippen molar-refractivity contribution in [3.8, 4) is 16.8 Å². The molecule has 27 heavy (non-hydrogen) atoms. The molecule has 2 N–H and O–H groups in total. The summed E-state index contributed by atoms with van der Waals surface area (Å²) in [4.78, 5) is 0. The van der Waals surface area contributed by atoms with E-state index in [0.29, 0.717) is 10.7 Å². The number of hydrogen-bond donors (Lipinski definition) is 1. The van der Waals surface area contributed by atoms with E-state index in [4.69, 9.17) is 17.3 Å². The molecule has 0 aliphatic heterocycles. The van der Waals surface area contributed by atoms with Crippen LogP contribution in [0.4, 0.5) is 5.69 Å². The van der Waals surface area contributed by atoms with Crippen LogP contribution in [0.25, 0.3) is 38.6 Å². The predicted molar refractivity (Wildman–Crippen MR) is 116 cm³/mol. The van der Waals surface area contributed by atoms with Gasteiger partial charge in [-0.25, -0.2) is 0 Å². The van der Waals surface area contributed by atoms with E-state index in [1.54, 1.807) is 0 Å². The Morgan fingerprint density at radius 3 is 1.89 bits per heavy atom. The van der Waals surface area contributed by atoms with Gasteiger partial charge < -0.3 is 10.3 Å². The first-order valence-corrected chi connectivity index (χ1v) is 9.25. The summed E-state index contributed by atoms with van der Waals surface area (Å²) in [5.74, 6) is 0. The van der Waals surface area contributed by atoms with E-state index < -0.39 is 0 Å². The zero-order valence-electron chi connectivity index (χ0n) is 14.6. The lowest BCUT2D eigenvalue weighted by molar-refractivity contribution is 1.18. The molecule has 130 valence electrons. The molecule has 0 amide bonds. The van der Waals surface area contributed by atoms with Crippen LogP contribution < -0.4 is 5.73 Å². The lowest BCUT2D eigenvalue weighted by Gasteiger charge is -2.13. The SMILES string of the molecule is Nc1ccc(-n2c3ccccc3c3ccccc32)cc1-c1ccccc1Cl. The molecule has 0 spiro atoms. The van der Waals surface area contributed by atoms with Crippen LogP contribution in [0.1, 0.15) is 0 Å². The van der Waals surface area contributed by atoms with Crippen LogP contribution in [-0.4, -0.2) is 4.57 Å². The van der Waals surface area contributed by atoms with Crippen molar-refractivity contribution in [1.82, 2.24) is 4.57 Å². The highest BCUT2D eigenvalue weighted by Crippen LogP contribution is 2.36. The van der Waals surface area contributed by atoms with Crippen LogP contribution in [0.3, 0.4) is 0 Å². The minimum Gasteiger partial charge on any atom is -0.398 e. The van der Waals surface area contributed by atoms with Gasteiger partial charge in [-0.3, -0.25) is 0 Å². The Morgan fingerprint density at radius 1 is 0.630 bits per heavy atom. The molecule has 0 saturated heterocycles. The summed E-state index contributed by atoms with van der Waals surface area (Å²) in [6, 6.07) is 30.9. The number of fused-ring (bicyclic) bond motifs is 3. The molecule has 4 aromatic carbocycles. The van der Waals surface area contributed by atoms with E-state index in [1.807, 2.05) is 30.3 Å². The van der Waals surface area contributed by atoms with Crippen LogP contribution in [0.5, 0.6) is 0 Å². The van der Waals surface area contributed by atoms with Gasteiger partial charge in [0.1, 0.15) is 0 Å². The third-order valence-corrected chi connectivity index (χ3v) is 5.37. The number of hydrogen-bond acceptors (Lipinski definition) is 1. The van der Waals surface area contributed by atoms with Crippen LogP contribution in [0, 0.1) is 0 Å². The molecule has 0 radical (unpaired) electrons. The normalized spacial score (nSPS) is 11.3. The van der Waals surface area contributed by atoms with Gasteiger partial charge in [0.25, 0.3) is 0 Å². The number of benzene rings is 4. The minimum absolute atomic E-state index is 0.698. The van der Waals surface area contributed by atoms with E-state index in [-0.39, 0.29) is 0 Å². The third-order valence-electron chi connectivity index (χ3n) is 5.04. The fourth-order valence-corrected chi connectivity index (χ4v) is 4.03. The van der Waals surface area contributed by atoms with Crippen molar-refractivity contribution in [2.45, 2.75) is 0 Å². The topological polar surface area (TPSA) is 30.9 Å². The molecular formula is C24H17ClN2. The maximum atomic E-state index is 6.44. The summed E-state index contributed by atoms with van der Waals surface area (Å²) in [5.41, 5.74) is 12.3. The fourth-order valence-electron chi connectivity index (χ4n) is 3.80. The number of nitrogen functional groups attached to an aromatic ring is 1. The fraction of sp³-hybridized carbons (Fsp3) is 0. The molecule has 1 heterocycles. The van der Waals surface area contributed by atoms with Crippen molar-refractivity contribution in [2.75, 3.05) is 5.73 Å². The number of para-hydroxylation sites is 2. The van der Waals surface area contributed by atoms with Gasteiger partial charge in [0.2, 0.25) is 0 Å². The Hall–Kier alpha value is -3.23. The van der Waals surface area contributed by atoms with Gasteiger partial charge in [0.15, 0.2) is 0 Å². The predicted octanol–water partition coefficient (Wildman–Crippen LogP) is 6.69. The largest absolute Gasteiger partial charge is 0.398 e. The van der Waals surface area contributed by atoms with Crippen molar-refractivity contribution >= 4 is 39.1 Å². The first kappa shape index (κ1) is 16.0. The summed E-state index contributed by atoms with van der Waals surface area (Å²) < 4.78 is 2.28. The molecule has 0 aliphatic carbocycles. The molecule has 5 aromatic rings. The highest BCUT2D eigenvalue weighted by Gasteiger charge is 2.13. The van der Waals surface area contributed by atoms with Gasteiger partial charge in [-0.15, -0.1) is 0 Å². The molecule has 0 aliphatic rings. The number of aromatic nitrogens is 1.